The largest absolute Gasteiger partial charge is 0.454 e. The van der Waals surface area contributed by atoms with Crippen LogP contribution in [0.3, 0.4) is 0 Å². The summed E-state index contributed by atoms with van der Waals surface area (Å²) < 4.78 is 35.6. The van der Waals surface area contributed by atoms with E-state index in [9.17, 15) is 13.2 Å². The molecule has 2 aliphatic heterocycles. The number of ether oxygens (including phenoxy) is 2. The predicted molar refractivity (Wildman–Crippen MR) is 96.4 cm³/mol. The van der Waals surface area contributed by atoms with Gasteiger partial charge in [-0.1, -0.05) is 6.07 Å². The summed E-state index contributed by atoms with van der Waals surface area (Å²) in [5, 5.41) is 2.94. The molecule has 2 atom stereocenters. The molecule has 8 nitrogen and oxygen atoms in total. The van der Waals surface area contributed by atoms with Crippen LogP contribution in [0.5, 0.6) is 11.5 Å². The Morgan fingerprint density at radius 3 is 2.73 bits per heavy atom. The number of hydrogen-bond acceptors (Lipinski definition) is 6. The summed E-state index contributed by atoms with van der Waals surface area (Å²) in [6, 6.07) is 5.86. The van der Waals surface area contributed by atoms with Crippen molar-refractivity contribution in [3.63, 3.8) is 0 Å². The molecule has 1 fully saturated rings. The van der Waals surface area contributed by atoms with Crippen LogP contribution in [0.1, 0.15) is 24.8 Å². The fourth-order valence-corrected chi connectivity index (χ4v) is 3.86. The summed E-state index contributed by atoms with van der Waals surface area (Å²) >= 11 is 0. The minimum absolute atomic E-state index is 0.0174. The Balaban J connectivity index is 1.45. The third kappa shape index (κ3) is 4.87. The molecule has 9 heteroatoms. The molecule has 2 heterocycles. The Kier molecular flexibility index (Phi) is 5.69. The maximum Gasteiger partial charge on any atom is 0.231 e. The molecule has 0 aromatic heterocycles. The highest BCUT2D eigenvalue weighted by Crippen LogP contribution is 2.32. The summed E-state index contributed by atoms with van der Waals surface area (Å²) in [5.74, 6) is 1.41. The number of nitrogens with zero attached hydrogens (tertiary/aromatic N) is 1. The molecule has 0 radical (unpaired) electrons. The van der Waals surface area contributed by atoms with E-state index in [4.69, 9.17) is 9.47 Å². The predicted octanol–water partition coefficient (Wildman–Crippen LogP) is 0.434. The van der Waals surface area contributed by atoms with Crippen molar-refractivity contribution < 1.29 is 22.7 Å². The van der Waals surface area contributed by atoms with E-state index in [0.717, 1.165) is 30.4 Å². The molecule has 1 amide bonds. The summed E-state index contributed by atoms with van der Waals surface area (Å²) in [7, 11) is -1.25. The van der Waals surface area contributed by atoms with Crippen molar-refractivity contribution in [3.05, 3.63) is 23.8 Å². The number of likely N-dealkylation sites (tertiary alicyclic amines) is 1. The Bertz CT molecular complexity index is 768. The van der Waals surface area contributed by atoms with Crippen molar-refractivity contribution in [2.45, 2.75) is 37.9 Å². The molecule has 0 bridgehead atoms. The van der Waals surface area contributed by atoms with E-state index in [-0.39, 0.29) is 24.8 Å². The Hall–Kier alpha value is -1.84. The van der Waals surface area contributed by atoms with Crippen LogP contribution in [-0.2, 0) is 21.4 Å². The molecule has 26 heavy (non-hydrogen) atoms. The highest BCUT2D eigenvalue weighted by Gasteiger charge is 2.32. The molecular formula is C17H25N3O5S. The van der Waals surface area contributed by atoms with Gasteiger partial charge in [0, 0.05) is 31.6 Å². The first-order valence-electron chi connectivity index (χ1n) is 8.63. The quantitative estimate of drug-likeness (QED) is 0.709. The molecular weight excluding hydrogens is 358 g/mol. The lowest BCUT2D eigenvalue weighted by Gasteiger charge is -2.25. The maximum absolute atomic E-state index is 12.3. The zero-order valence-corrected chi connectivity index (χ0v) is 15.8. The second-order valence-corrected chi connectivity index (χ2v) is 8.67. The molecule has 0 unspecified atom stereocenters. The topological polar surface area (TPSA) is 97.0 Å². The van der Waals surface area contributed by atoms with Gasteiger partial charge in [-0.2, -0.15) is 0 Å². The fourth-order valence-electron chi connectivity index (χ4n) is 3.37. The van der Waals surface area contributed by atoms with Gasteiger partial charge in [0.2, 0.25) is 22.7 Å². The Labute approximate surface area is 153 Å². The van der Waals surface area contributed by atoms with Gasteiger partial charge in [0.05, 0.1) is 6.26 Å². The molecule has 144 valence electrons. The van der Waals surface area contributed by atoms with Gasteiger partial charge in [-0.25, -0.2) is 13.1 Å². The molecule has 2 N–H and O–H groups in total. The number of rotatable bonds is 7. The Morgan fingerprint density at radius 2 is 1.96 bits per heavy atom. The van der Waals surface area contributed by atoms with E-state index >= 15 is 0 Å². The fraction of sp³-hybridized carbons (Fsp3) is 0.588. The van der Waals surface area contributed by atoms with Crippen molar-refractivity contribution in [2.24, 2.45) is 0 Å². The Morgan fingerprint density at radius 1 is 1.23 bits per heavy atom. The minimum atomic E-state index is -3.19. The van der Waals surface area contributed by atoms with Gasteiger partial charge in [0.25, 0.3) is 0 Å². The van der Waals surface area contributed by atoms with E-state index < -0.39 is 10.0 Å². The number of likely N-dealkylation sites (N-methyl/N-ethyl adjacent to an activating group) is 1. The second kappa shape index (κ2) is 7.81. The first kappa shape index (κ1) is 18.9. The average molecular weight is 383 g/mol. The summed E-state index contributed by atoms with van der Waals surface area (Å²) in [6.07, 6.45) is 3.31. The normalized spacial score (nSPS) is 22.5. The van der Waals surface area contributed by atoms with Gasteiger partial charge >= 0.3 is 0 Å². The number of fused-ring (bicyclic) bond motifs is 1. The number of hydrogen-bond donors (Lipinski definition) is 2. The third-order valence-electron chi connectivity index (χ3n) is 4.91. The number of benzene rings is 1. The van der Waals surface area contributed by atoms with Crippen LogP contribution in [0.25, 0.3) is 0 Å². The van der Waals surface area contributed by atoms with Crippen LogP contribution in [-0.4, -0.2) is 57.9 Å². The van der Waals surface area contributed by atoms with Crippen LogP contribution in [0.4, 0.5) is 0 Å². The standard InChI is InChI=1S/C17H25N3O5S/c1-20-13(4-5-14(20)10-19-26(2,22)23)8-17(21)18-9-12-3-6-15-16(7-12)25-11-24-15/h3,6-7,13-14,19H,4-5,8-11H2,1-2H3,(H,18,21)/t13-,14+/m1/s1. The van der Waals surface area contributed by atoms with Gasteiger partial charge in [-0.05, 0) is 37.6 Å². The molecule has 0 aliphatic carbocycles. The van der Waals surface area contributed by atoms with Gasteiger partial charge in [0.1, 0.15) is 0 Å². The molecule has 2 aliphatic rings. The number of carbonyl (C=O) groups is 1. The van der Waals surface area contributed by atoms with Crippen LogP contribution < -0.4 is 19.5 Å². The van der Waals surface area contributed by atoms with E-state index in [2.05, 4.69) is 14.9 Å². The molecule has 1 saturated heterocycles. The maximum atomic E-state index is 12.3. The number of nitrogens with one attached hydrogen (secondary N) is 2. The van der Waals surface area contributed by atoms with Crippen molar-refractivity contribution in [2.75, 3.05) is 26.6 Å². The van der Waals surface area contributed by atoms with Crippen LogP contribution >= 0.6 is 0 Å². The highest BCUT2D eigenvalue weighted by molar-refractivity contribution is 7.88. The molecule has 0 saturated carbocycles. The smallest absolute Gasteiger partial charge is 0.231 e. The first-order valence-corrected chi connectivity index (χ1v) is 10.5. The monoisotopic (exact) mass is 383 g/mol. The average Bonchev–Trinajstić information content (AvgIpc) is 3.17. The van der Waals surface area contributed by atoms with Gasteiger partial charge in [-0.15, -0.1) is 0 Å². The lowest BCUT2D eigenvalue weighted by molar-refractivity contribution is -0.122. The van der Waals surface area contributed by atoms with E-state index in [1.807, 2.05) is 25.2 Å². The van der Waals surface area contributed by atoms with Crippen molar-refractivity contribution in [1.82, 2.24) is 14.9 Å². The second-order valence-electron chi connectivity index (χ2n) is 6.84. The van der Waals surface area contributed by atoms with E-state index in [1.165, 1.54) is 0 Å². The molecule has 0 spiro atoms. The van der Waals surface area contributed by atoms with E-state index in [0.29, 0.717) is 25.3 Å². The highest BCUT2D eigenvalue weighted by atomic mass is 32.2. The van der Waals surface area contributed by atoms with Crippen LogP contribution in [0, 0.1) is 0 Å². The van der Waals surface area contributed by atoms with Crippen LogP contribution in [0.15, 0.2) is 18.2 Å². The van der Waals surface area contributed by atoms with Gasteiger partial charge < -0.3 is 14.8 Å². The minimum Gasteiger partial charge on any atom is -0.454 e. The van der Waals surface area contributed by atoms with Gasteiger partial charge in [-0.3, -0.25) is 9.69 Å². The molecule has 1 aromatic rings. The van der Waals surface area contributed by atoms with Crippen molar-refractivity contribution in [1.29, 1.82) is 0 Å². The number of carbonyl (C=O) groups excluding carboxylic acids is 1. The summed E-state index contributed by atoms with van der Waals surface area (Å²) in [5.41, 5.74) is 0.956. The zero-order chi connectivity index (χ0) is 18.7. The zero-order valence-electron chi connectivity index (χ0n) is 15.0. The number of amides is 1. The molecule has 1 aromatic carbocycles. The van der Waals surface area contributed by atoms with E-state index in [1.54, 1.807) is 0 Å². The first-order chi connectivity index (χ1) is 12.3. The summed E-state index contributed by atoms with van der Waals surface area (Å²) in [6.45, 7) is 1.05. The summed E-state index contributed by atoms with van der Waals surface area (Å²) in [4.78, 5) is 14.4. The SMILES string of the molecule is CN1[C@@H](CC(=O)NCc2ccc3c(c2)OCO3)CC[C@H]1CNS(C)(=O)=O. The van der Waals surface area contributed by atoms with Gasteiger partial charge in [0.15, 0.2) is 11.5 Å². The molecule has 3 rings (SSSR count). The lowest BCUT2D eigenvalue weighted by atomic mass is 10.1. The third-order valence-corrected chi connectivity index (χ3v) is 5.60. The number of sulfonamides is 1. The van der Waals surface area contributed by atoms with Crippen molar-refractivity contribution >= 4 is 15.9 Å². The van der Waals surface area contributed by atoms with Crippen molar-refractivity contribution in [3.8, 4) is 11.5 Å². The lowest BCUT2D eigenvalue weighted by Crippen LogP contribution is -2.42. The van der Waals surface area contributed by atoms with Crippen LogP contribution in [0.2, 0.25) is 0 Å².